The SMILES string of the molecule is N#Cc1ccc(Oc2nc(N)cc(Br)n2)cc1F. The summed E-state index contributed by atoms with van der Waals surface area (Å²) in [7, 11) is 0. The molecule has 0 unspecified atom stereocenters. The van der Waals surface area contributed by atoms with Crippen molar-refractivity contribution in [2.75, 3.05) is 5.73 Å². The fraction of sp³-hybridized carbons (Fsp3) is 0. The molecule has 0 aliphatic rings. The Bertz CT molecular complexity index is 621. The molecule has 1 aromatic carbocycles. The van der Waals surface area contributed by atoms with Crippen LogP contribution in [0.2, 0.25) is 0 Å². The largest absolute Gasteiger partial charge is 0.424 e. The van der Waals surface area contributed by atoms with Gasteiger partial charge in [0, 0.05) is 12.1 Å². The summed E-state index contributed by atoms with van der Waals surface area (Å²) in [5.41, 5.74) is 5.45. The van der Waals surface area contributed by atoms with Gasteiger partial charge in [-0.25, -0.2) is 4.39 Å². The third kappa shape index (κ3) is 2.73. The summed E-state index contributed by atoms with van der Waals surface area (Å²) in [6, 6.07) is 7.05. The van der Waals surface area contributed by atoms with Crippen molar-refractivity contribution in [3.05, 3.63) is 40.2 Å². The van der Waals surface area contributed by atoms with Crippen LogP contribution in [0.1, 0.15) is 5.56 Å². The monoisotopic (exact) mass is 308 g/mol. The fourth-order valence-electron chi connectivity index (χ4n) is 1.21. The van der Waals surface area contributed by atoms with Gasteiger partial charge in [0.05, 0.1) is 5.56 Å². The molecule has 2 N–H and O–H groups in total. The van der Waals surface area contributed by atoms with Crippen LogP contribution < -0.4 is 10.5 Å². The van der Waals surface area contributed by atoms with Gasteiger partial charge in [-0.2, -0.15) is 15.2 Å². The predicted octanol–water partition coefficient (Wildman–Crippen LogP) is 2.62. The number of ether oxygens (including phenoxy) is 1. The number of halogens is 2. The number of hydrogen-bond acceptors (Lipinski definition) is 5. The average Bonchev–Trinajstić information content (AvgIpc) is 2.27. The Morgan fingerprint density at radius 3 is 2.72 bits per heavy atom. The zero-order valence-corrected chi connectivity index (χ0v) is 10.5. The van der Waals surface area contributed by atoms with E-state index in [1.165, 1.54) is 18.2 Å². The van der Waals surface area contributed by atoms with Crippen LogP contribution in [0.5, 0.6) is 11.8 Å². The van der Waals surface area contributed by atoms with Crippen molar-refractivity contribution < 1.29 is 9.13 Å². The Balaban J connectivity index is 2.29. The van der Waals surface area contributed by atoms with E-state index in [0.29, 0.717) is 4.60 Å². The van der Waals surface area contributed by atoms with E-state index < -0.39 is 5.82 Å². The van der Waals surface area contributed by atoms with Crippen LogP contribution in [0.25, 0.3) is 0 Å². The lowest BCUT2D eigenvalue weighted by molar-refractivity contribution is 0.437. The van der Waals surface area contributed by atoms with Gasteiger partial charge in [0.2, 0.25) is 0 Å². The zero-order chi connectivity index (χ0) is 13.1. The summed E-state index contributed by atoms with van der Waals surface area (Å²) < 4.78 is 19.0. The number of aromatic nitrogens is 2. The molecule has 0 radical (unpaired) electrons. The minimum atomic E-state index is -0.669. The highest BCUT2D eigenvalue weighted by atomic mass is 79.9. The van der Waals surface area contributed by atoms with Gasteiger partial charge in [0.1, 0.15) is 28.1 Å². The standard InChI is InChI=1S/C11H6BrFN4O/c12-9-4-10(15)17-11(16-9)18-7-2-1-6(5-14)8(13)3-7/h1-4H,(H2,15,16,17). The van der Waals surface area contributed by atoms with Crippen molar-refractivity contribution in [1.29, 1.82) is 5.26 Å². The van der Waals surface area contributed by atoms with Crippen LogP contribution in [0.3, 0.4) is 0 Å². The number of benzene rings is 1. The lowest BCUT2D eigenvalue weighted by atomic mass is 10.2. The topological polar surface area (TPSA) is 84.8 Å². The van der Waals surface area contributed by atoms with Crippen molar-refractivity contribution in [1.82, 2.24) is 9.97 Å². The lowest BCUT2D eigenvalue weighted by Gasteiger charge is -2.05. The average molecular weight is 309 g/mol. The first kappa shape index (κ1) is 12.3. The summed E-state index contributed by atoms with van der Waals surface area (Å²) >= 11 is 3.14. The van der Waals surface area contributed by atoms with Gasteiger partial charge in [-0.1, -0.05) is 0 Å². The second-order valence-electron chi connectivity index (χ2n) is 3.25. The second kappa shape index (κ2) is 4.98. The van der Waals surface area contributed by atoms with Gasteiger partial charge in [0.15, 0.2) is 0 Å². The first-order chi connectivity index (χ1) is 8.58. The molecule has 0 spiro atoms. The number of nitrogens with two attached hydrogens (primary N) is 1. The molecule has 1 aromatic heterocycles. The molecule has 18 heavy (non-hydrogen) atoms. The molecule has 5 nitrogen and oxygen atoms in total. The molecule has 0 bridgehead atoms. The highest BCUT2D eigenvalue weighted by Crippen LogP contribution is 2.22. The first-order valence-electron chi connectivity index (χ1n) is 4.76. The highest BCUT2D eigenvalue weighted by Gasteiger charge is 2.07. The van der Waals surface area contributed by atoms with Crippen molar-refractivity contribution in [2.24, 2.45) is 0 Å². The molecule has 1 heterocycles. The molecule has 0 amide bonds. The minimum Gasteiger partial charge on any atom is -0.424 e. The Labute approximate surface area is 110 Å². The number of nitrogen functional groups attached to an aromatic ring is 1. The Kier molecular flexibility index (Phi) is 3.39. The molecule has 0 aliphatic heterocycles. The maximum absolute atomic E-state index is 13.3. The number of nitriles is 1. The van der Waals surface area contributed by atoms with Crippen molar-refractivity contribution in [3.8, 4) is 17.8 Å². The van der Waals surface area contributed by atoms with E-state index in [0.717, 1.165) is 6.07 Å². The summed E-state index contributed by atoms with van der Waals surface area (Å²) in [6.07, 6.45) is 0. The Morgan fingerprint density at radius 1 is 1.33 bits per heavy atom. The molecule has 2 rings (SSSR count). The van der Waals surface area contributed by atoms with E-state index in [1.54, 1.807) is 6.07 Å². The fourth-order valence-corrected chi connectivity index (χ4v) is 1.60. The smallest absolute Gasteiger partial charge is 0.325 e. The van der Waals surface area contributed by atoms with Crippen LogP contribution in [-0.4, -0.2) is 9.97 Å². The van der Waals surface area contributed by atoms with Crippen LogP contribution in [0.4, 0.5) is 10.2 Å². The molecule has 0 saturated carbocycles. The minimum absolute atomic E-state index is 0.00835. The Hall–Kier alpha value is -2.20. The van der Waals surface area contributed by atoms with E-state index in [-0.39, 0.29) is 23.1 Å². The van der Waals surface area contributed by atoms with E-state index in [2.05, 4.69) is 25.9 Å². The molecule has 7 heteroatoms. The first-order valence-corrected chi connectivity index (χ1v) is 5.55. The highest BCUT2D eigenvalue weighted by molar-refractivity contribution is 9.10. The van der Waals surface area contributed by atoms with Gasteiger partial charge in [-0.05, 0) is 28.1 Å². The van der Waals surface area contributed by atoms with Crippen LogP contribution >= 0.6 is 15.9 Å². The molecule has 0 fully saturated rings. The maximum Gasteiger partial charge on any atom is 0.325 e. The van der Waals surface area contributed by atoms with Crippen LogP contribution in [-0.2, 0) is 0 Å². The third-order valence-corrected chi connectivity index (χ3v) is 2.37. The Morgan fingerprint density at radius 2 is 2.11 bits per heavy atom. The van der Waals surface area contributed by atoms with Crippen molar-refractivity contribution >= 4 is 21.7 Å². The van der Waals surface area contributed by atoms with E-state index in [9.17, 15) is 4.39 Å². The normalized spacial score (nSPS) is 9.83. The van der Waals surface area contributed by atoms with Gasteiger partial charge < -0.3 is 10.5 Å². The van der Waals surface area contributed by atoms with Gasteiger partial charge in [0.25, 0.3) is 0 Å². The quantitative estimate of drug-likeness (QED) is 0.862. The summed E-state index contributed by atoms with van der Waals surface area (Å²) in [5.74, 6) is -0.261. The van der Waals surface area contributed by atoms with Crippen molar-refractivity contribution in [3.63, 3.8) is 0 Å². The molecule has 0 aliphatic carbocycles. The predicted molar refractivity (Wildman–Crippen MR) is 65.3 cm³/mol. The summed E-state index contributed by atoms with van der Waals surface area (Å²) in [5, 5.41) is 8.59. The molecule has 0 saturated heterocycles. The number of anilines is 1. The zero-order valence-electron chi connectivity index (χ0n) is 8.89. The van der Waals surface area contributed by atoms with Gasteiger partial charge in [-0.15, -0.1) is 0 Å². The third-order valence-electron chi connectivity index (χ3n) is 1.96. The van der Waals surface area contributed by atoms with Crippen LogP contribution in [0.15, 0.2) is 28.9 Å². The molecule has 0 atom stereocenters. The molecule has 2 aromatic rings. The van der Waals surface area contributed by atoms with Crippen LogP contribution in [0, 0.1) is 17.1 Å². The number of hydrogen-bond donors (Lipinski definition) is 1. The van der Waals surface area contributed by atoms with E-state index in [1.807, 2.05) is 0 Å². The maximum atomic E-state index is 13.3. The number of rotatable bonds is 2. The molecular weight excluding hydrogens is 303 g/mol. The van der Waals surface area contributed by atoms with E-state index in [4.69, 9.17) is 15.7 Å². The summed E-state index contributed by atoms with van der Waals surface area (Å²) in [4.78, 5) is 7.75. The molecule has 90 valence electrons. The second-order valence-corrected chi connectivity index (χ2v) is 4.07. The molecular formula is C11H6BrFN4O. The summed E-state index contributed by atoms with van der Waals surface area (Å²) in [6.45, 7) is 0. The van der Waals surface area contributed by atoms with Gasteiger partial charge >= 0.3 is 6.01 Å². The van der Waals surface area contributed by atoms with Gasteiger partial charge in [-0.3, -0.25) is 0 Å². The van der Waals surface area contributed by atoms with Crippen molar-refractivity contribution in [2.45, 2.75) is 0 Å². The lowest BCUT2D eigenvalue weighted by Crippen LogP contribution is -1.97. The number of nitrogens with zero attached hydrogens (tertiary/aromatic N) is 3. The van der Waals surface area contributed by atoms with E-state index >= 15 is 0 Å².